The largest absolute Gasteiger partial charge is 0.497 e. The summed E-state index contributed by atoms with van der Waals surface area (Å²) in [7, 11) is 1.50. The number of nitrogens with one attached hydrogen (secondary N) is 1. The van der Waals surface area contributed by atoms with Crippen LogP contribution in [0.25, 0.3) is 0 Å². The molecule has 2 N–H and O–H groups in total. The smallest absolute Gasteiger partial charge is 0.335 e. The van der Waals surface area contributed by atoms with Crippen molar-refractivity contribution in [1.29, 1.82) is 0 Å². The van der Waals surface area contributed by atoms with Gasteiger partial charge < -0.3 is 19.9 Å². The minimum atomic E-state index is -1.49. The second-order valence-electron chi connectivity index (χ2n) is 5.35. The highest BCUT2D eigenvalue weighted by Crippen LogP contribution is 2.28. The zero-order valence-electron chi connectivity index (χ0n) is 14.4. The van der Waals surface area contributed by atoms with Crippen LogP contribution in [-0.2, 0) is 21.3 Å². The Kier molecular flexibility index (Phi) is 6.74. The van der Waals surface area contributed by atoms with Crippen molar-refractivity contribution < 1.29 is 28.4 Å². The third-order valence-corrected chi connectivity index (χ3v) is 4.71. The standard InChI is InChI=1S/C18H19NO6S/c1-24-14-6-7-16(25-2)15(9-14)19-17(20)11-26(23)10-12-4-3-5-13(8-12)18(21)22/h3-9H,10-11H2,1-2H3,(H,19,20)(H,21,22). The molecule has 7 nitrogen and oxygen atoms in total. The summed E-state index contributed by atoms with van der Waals surface area (Å²) in [5.41, 5.74) is 1.13. The van der Waals surface area contributed by atoms with Gasteiger partial charge in [-0.2, -0.15) is 0 Å². The summed E-state index contributed by atoms with van der Waals surface area (Å²) in [4.78, 5) is 23.1. The monoisotopic (exact) mass is 377 g/mol. The Hall–Kier alpha value is -2.87. The number of hydrogen-bond donors (Lipinski definition) is 2. The van der Waals surface area contributed by atoms with E-state index in [1.165, 1.54) is 26.4 Å². The Morgan fingerprint density at radius 1 is 1.12 bits per heavy atom. The zero-order valence-corrected chi connectivity index (χ0v) is 15.2. The number of hydrogen-bond acceptors (Lipinski definition) is 5. The van der Waals surface area contributed by atoms with Gasteiger partial charge in [0.05, 0.1) is 25.5 Å². The molecule has 2 aromatic rings. The van der Waals surface area contributed by atoms with E-state index in [4.69, 9.17) is 14.6 Å². The van der Waals surface area contributed by atoms with Gasteiger partial charge in [0.15, 0.2) is 0 Å². The van der Waals surface area contributed by atoms with Crippen molar-refractivity contribution in [3.63, 3.8) is 0 Å². The maximum absolute atomic E-state index is 12.2. The average molecular weight is 377 g/mol. The number of rotatable bonds is 8. The number of amides is 1. The zero-order chi connectivity index (χ0) is 19.1. The van der Waals surface area contributed by atoms with E-state index in [0.717, 1.165) is 0 Å². The second kappa shape index (κ2) is 9.00. The van der Waals surface area contributed by atoms with Gasteiger partial charge in [0.2, 0.25) is 5.91 Å². The van der Waals surface area contributed by atoms with Crippen LogP contribution in [0.15, 0.2) is 42.5 Å². The molecule has 0 bridgehead atoms. The number of aromatic carboxylic acids is 1. The van der Waals surface area contributed by atoms with E-state index in [1.807, 2.05) is 0 Å². The molecule has 0 aliphatic rings. The van der Waals surface area contributed by atoms with E-state index in [0.29, 0.717) is 22.7 Å². The van der Waals surface area contributed by atoms with Crippen LogP contribution in [-0.4, -0.2) is 41.2 Å². The Labute approximate surface area is 153 Å². The maximum Gasteiger partial charge on any atom is 0.335 e. The molecule has 26 heavy (non-hydrogen) atoms. The summed E-state index contributed by atoms with van der Waals surface area (Å²) >= 11 is 0. The first-order valence-electron chi connectivity index (χ1n) is 7.62. The number of carbonyl (C=O) groups excluding carboxylic acids is 1. The molecule has 0 heterocycles. The van der Waals surface area contributed by atoms with E-state index in [9.17, 15) is 13.8 Å². The number of ether oxygens (including phenoxy) is 2. The summed E-state index contributed by atoms with van der Waals surface area (Å²) in [5.74, 6) is -0.627. The first-order valence-corrected chi connectivity index (χ1v) is 9.11. The molecule has 0 aliphatic heterocycles. The Balaban J connectivity index is 2.00. The van der Waals surface area contributed by atoms with E-state index < -0.39 is 22.7 Å². The molecule has 8 heteroatoms. The molecular formula is C18H19NO6S. The lowest BCUT2D eigenvalue weighted by Crippen LogP contribution is -2.20. The molecule has 0 saturated heterocycles. The minimum Gasteiger partial charge on any atom is -0.497 e. The van der Waals surface area contributed by atoms with Gasteiger partial charge in [0.25, 0.3) is 0 Å². The third-order valence-electron chi connectivity index (χ3n) is 3.47. The highest BCUT2D eigenvalue weighted by molar-refractivity contribution is 7.84. The summed E-state index contributed by atoms with van der Waals surface area (Å²) in [6.07, 6.45) is 0. The van der Waals surface area contributed by atoms with Crippen molar-refractivity contribution in [2.45, 2.75) is 5.75 Å². The lowest BCUT2D eigenvalue weighted by molar-refractivity contribution is -0.113. The van der Waals surface area contributed by atoms with Crippen LogP contribution < -0.4 is 14.8 Å². The topological polar surface area (TPSA) is 102 Å². The molecule has 2 rings (SSSR count). The quantitative estimate of drug-likeness (QED) is 0.732. The molecule has 1 amide bonds. The fourth-order valence-electron chi connectivity index (χ4n) is 2.28. The second-order valence-corrected chi connectivity index (χ2v) is 6.81. The van der Waals surface area contributed by atoms with Gasteiger partial charge in [-0.15, -0.1) is 0 Å². The molecular weight excluding hydrogens is 358 g/mol. The van der Waals surface area contributed by atoms with Crippen molar-refractivity contribution >= 4 is 28.4 Å². The Morgan fingerprint density at radius 3 is 2.54 bits per heavy atom. The van der Waals surface area contributed by atoms with Crippen molar-refractivity contribution in [3.8, 4) is 11.5 Å². The van der Waals surface area contributed by atoms with Crippen LogP contribution in [0.2, 0.25) is 0 Å². The number of methoxy groups -OCH3 is 2. The van der Waals surface area contributed by atoms with Crippen LogP contribution >= 0.6 is 0 Å². The van der Waals surface area contributed by atoms with Crippen LogP contribution in [0.4, 0.5) is 5.69 Å². The molecule has 0 aliphatic carbocycles. The highest BCUT2D eigenvalue weighted by Gasteiger charge is 2.13. The summed E-state index contributed by atoms with van der Waals surface area (Å²) in [6, 6.07) is 11.1. The molecule has 1 unspecified atom stereocenters. The minimum absolute atomic E-state index is 0.0871. The van der Waals surface area contributed by atoms with Crippen molar-refractivity contribution in [3.05, 3.63) is 53.6 Å². The third kappa shape index (κ3) is 5.32. The van der Waals surface area contributed by atoms with Gasteiger partial charge in [-0.1, -0.05) is 12.1 Å². The molecule has 0 fully saturated rings. The summed E-state index contributed by atoms with van der Waals surface area (Å²) in [6.45, 7) is 0. The van der Waals surface area contributed by atoms with E-state index in [-0.39, 0.29) is 17.1 Å². The maximum atomic E-state index is 12.2. The summed E-state index contributed by atoms with van der Waals surface area (Å²) < 4.78 is 22.5. The number of carboxylic acid groups (broad SMARTS) is 1. The van der Waals surface area contributed by atoms with Gasteiger partial charge >= 0.3 is 5.97 Å². The van der Waals surface area contributed by atoms with E-state index in [1.54, 1.807) is 30.3 Å². The first-order chi connectivity index (χ1) is 12.4. The molecule has 138 valence electrons. The molecule has 0 spiro atoms. The van der Waals surface area contributed by atoms with Gasteiger partial charge in [-0.3, -0.25) is 9.00 Å². The Morgan fingerprint density at radius 2 is 1.88 bits per heavy atom. The molecule has 0 aromatic heterocycles. The molecule has 0 saturated carbocycles. The average Bonchev–Trinajstić information content (AvgIpc) is 2.61. The van der Waals surface area contributed by atoms with Crippen molar-refractivity contribution in [2.75, 3.05) is 25.3 Å². The SMILES string of the molecule is COc1ccc(OC)c(NC(=O)CS(=O)Cc2cccc(C(=O)O)c2)c1. The van der Waals surface area contributed by atoms with Gasteiger partial charge in [-0.05, 0) is 29.8 Å². The fourth-order valence-corrected chi connectivity index (χ4v) is 3.29. The number of carboxylic acids is 1. The van der Waals surface area contributed by atoms with Crippen molar-refractivity contribution in [2.24, 2.45) is 0 Å². The van der Waals surface area contributed by atoms with Crippen LogP contribution in [0.1, 0.15) is 15.9 Å². The van der Waals surface area contributed by atoms with E-state index >= 15 is 0 Å². The van der Waals surface area contributed by atoms with Crippen molar-refractivity contribution in [1.82, 2.24) is 0 Å². The first kappa shape index (κ1) is 19.5. The molecule has 2 aromatic carbocycles. The van der Waals surface area contributed by atoms with Gasteiger partial charge in [0, 0.05) is 22.6 Å². The fraction of sp³-hybridized carbons (Fsp3) is 0.222. The summed E-state index contributed by atoms with van der Waals surface area (Å²) in [5, 5.41) is 11.6. The normalized spacial score (nSPS) is 11.5. The predicted molar refractivity (Wildman–Crippen MR) is 98.3 cm³/mol. The molecule has 0 radical (unpaired) electrons. The predicted octanol–water partition coefficient (Wildman–Crippen LogP) is 2.29. The lowest BCUT2D eigenvalue weighted by Gasteiger charge is -2.11. The number of anilines is 1. The Bertz CT molecular complexity index is 836. The molecule has 1 atom stereocenters. The van der Waals surface area contributed by atoms with Gasteiger partial charge in [0.1, 0.15) is 17.3 Å². The van der Waals surface area contributed by atoms with Crippen LogP contribution in [0, 0.1) is 0 Å². The number of carbonyl (C=O) groups is 2. The van der Waals surface area contributed by atoms with Crippen LogP contribution in [0.3, 0.4) is 0 Å². The number of benzene rings is 2. The van der Waals surface area contributed by atoms with Crippen LogP contribution in [0.5, 0.6) is 11.5 Å². The van der Waals surface area contributed by atoms with E-state index in [2.05, 4.69) is 5.32 Å². The lowest BCUT2D eigenvalue weighted by atomic mass is 10.1. The van der Waals surface area contributed by atoms with Gasteiger partial charge in [-0.25, -0.2) is 4.79 Å². The highest BCUT2D eigenvalue weighted by atomic mass is 32.2.